The minimum absolute atomic E-state index is 0.305. The summed E-state index contributed by atoms with van der Waals surface area (Å²) in [6.45, 7) is 12.5. The number of rotatable bonds is 5. The molecule has 0 N–H and O–H groups in total. The number of para-hydroxylation sites is 2. The summed E-state index contributed by atoms with van der Waals surface area (Å²) in [6.07, 6.45) is 2.37. The van der Waals surface area contributed by atoms with Crippen LogP contribution in [0.1, 0.15) is 26.7 Å². The minimum Gasteiger partial charge on any atom is -0.365 e. The van der Waals surface area contributed by atoms with E-state index >= 15 is 0 Å². The first-order valence-corrected chi connectivity index (χ1v) is 11.3. The molecule has 2 saturated heterocycles. The van der Waals surface area contributed by atoms with E-state index in [1.807, 2.05) is 6.07 Å². The van der Waals surface area contributed by atoms with Gasteiger partial charge in [0.1, 0.15) is 6.61 Å². The molecule has 6 nitrogen and oxygen atoms in total. The molecule has 2 aliphatic heterocycles. The van der Waals surface area contributed by atoms with Gasteiger partial charge < -0.3 is 14.2 Å². The van der Waals surface area contributed by atoms with Crippen LogP contribution in [0, 0.1) is 11.8 Å². The van der Waals surface area contributed by atoms with Crippen LogP contribution in [-0.4, -0.2) is 83.9 Å². The number of piperazine rings is 1. The molecule has 0 radical (unpaired) electrons. The lowest BCUT2D eigenvalue weighted by molar-refractivity contribution is 0.0591. The molecule has 0 amide bonds. The summed E-state index contributed by atoms with van der Waals surface area (Å²) in [5.41, 5.74) is 2.25. The van der Waals surface area contributed by atoms with Crippen LogP contribution in [0.5, 0.6) is 0 Å². The number of nitrogens with zero attached hydrogens (tertiary/aromatic N) is 5. The second kappa shape index (κ2) is 9.82. The Bertz CT molecular complexity index is 880. The van der Waals surface area contributed by atoms with E-state index in [4.69, 9.17) is 9.72 Å². The van der Waals surface area contributed by atoms with Crippen molar-refractivity contribution < 1.29 is 4.74 Å². The van der Waals surface area contributed by atoms with Gasteiger partial charge in [-0.25, -0.2) is 4.98 Å². The van der Waals surface area contributed by atoms with Crippen molar-refractivity contribution in [2.75, 3.05) is 57.3 Å². The third kappa shape index (κ3) is 4.97. The number of hydrogen-bond donors (Lipinski definition) is 0. The standard InChI is InChI=1S/C24H35N5O/c1-20(2)28-17-15-27(16-18-28)12-6-7-19-30-21-10-13-29(14-11-21)24-25-22-8-4-5-9-23(22)26(24)3/h4-5,8-9,20-21H,10-19H2,1-3H3. The molecule has 3 heterocycles. The number of hydrogen-bond acceptors (Lipinski definition) is 5. The van der Waals surface area contributed by atoms with Gasteiger partial charge in [0, 0.05) is 52.4 Å². The molecule has 2 aliphatic rings. The fourth-order valence-electron chi connectivity index (χ4n) is 4.45. The van der Waals surface area contributed by atoms with Gasteiger partial charge in [0.15, 0.2) is 0 Å². The molecule has 1 aromatic heterocycles. The summed E-state index contributed by atoms with van der Waals surface area (Å²) in [7, 11) is 2.10. The Morgan fingerprint density at radius 2 is 1.77 bits per heavy atom. The molecule has 30 heavy (non-hydrogen) atoms. The number of fused-ring (bicyclic) bond motifs is 1. The van der Waals surface area contributed by atoms with Crippen molar-refractivity contribution in [2.45, 2.75) is 38.8 Å². The average molecular weight is 410 g/mol. The number of aryl methyl sites for hydroxylation is 1. The van der Waals surface area contributed by atoms with Gasteiger partial charge >= 0.3 is 0 Å². The zero-order valence-corrected chi connectivity index (χ0v) is 18.7. The smallest absolute Gasteiger partial charge is 0.206 e. The van der Waals surface area contributed by atoms with E-state index in [9.17, 15) is 0 Å². The van der Waals surface area contributed by atoms with Gasteiger partial charge in [-0.05, 0) is 38.8 Å². The summed E-state index contributed by atoms with van der Waals surface area (Å²) < 4.78 is 8.24. The van der Waals surface area contributed by atoms with Crippen LogP contribution in [-0.2, 0) is 11.8 Å². The second-order valence-electron chi connectivity index (χ2n) is 8.72. The summed E-state index contributed by atoms with van der Waals surface area (Å²) >= 11 is 0. The van der Waals surface area contributed by atoms with E-state index in [1.165, 1.54) is 5.52 Å². The van der Waals surface area contributed by atoms with Crippen LogP contribution < -0.4 is 4.90 Å². The third-order valence-electron chi connectivity index (χ3n) is 6.44. The minimum atomic E-state index is 0.305. The van der Waals surface area contributed by atoms with Crippen molar-refractivity contribution in [3.63, 3.8) is 0 Å². The number of anilines is 1. The Labute approximate surface area is 180 Å². The summed E-state index contributed by atoms with van der Waals surface area (Å²) in [5, 5.41) is 0. The van der Waals surface area contributed by atoms with Crippen molar-refractivity contribution in [3.8, 4) is 11.8 Å². The lowest BCUT2D eigenvalue weighted by Gasteiger charge is -2.36. The van der Waals surface area contributed by atoms with Crippen LogP contribution in [0.4, 0.5) is 5.95 Å². The van der Waals surface area contributed by atoms with Gasteiger partial charge in [-0.15, -0.1) is 0 Å². The third-order valence-corrected chi connectivity index (χ3v) is 6.44. The number of ether oxygens (including phenoxy) is 1. The van der Waals surface area contributed by atoms with E-state index in [2.05, 4.69) is 70.2 Å². The van der Waals surface area contributed by atoms with Gasteiger partial charge in [-0.2, -0.15) is 0 Å². The van der Waals surface area contributed by atoms with Crippen LogP contribution in [0.25, 0.3) is 11.0 Å². The lowest BCUT2D eigenvalue weighted by atomic mass is 10.1. The van der Waals surface area contributed by atoms with Gasteiger partial charge in [-0.3, -0.25) is 9.80 Å². The Hall–Kier alpha value is -2.07. The van der Waals surface area contributed by atoms with E-state index < -0.39 is 0 Å². The van der Waals surface area contributed by atoms with Crippen molar-refractivity contribution >= 4 is 17.0 Å². The Morgan fingerprint density at radius 1 is 1.03 bits per heavy atom. The summed E-state index contributed by atoms with van der Waals surface area (Å²) in [5.74, 6) is 7.59. The van der Waals surface area contributed by atoms with Crippen LogP contribution in [0.15, 0.2) is 24.3 Å². The predicted molar refractivity (Wildman–Crippen MR) is 123 cm³/mol. The molecular formula is C24H35N5O. The number of imidazole rings is 1. The molecule has 2 aromatic rings. The normalized spacial score (nSPS) is 19.4. The van der Waals surface area contributed by atoms with Crippen molar-refractivity contribution in [1.82, 2.24) is 19.4 Å². The highest BCUT2D eigenvalue weighted by atomic mass is 16.5. The van der Waals surface area contributed by atoms with Crippen LogP contribution in [0.2, 0.25) is 0 Å². The first-order chi connectivity index (χ1) is 14.6. The molecule has 1 aromatic carbocycles. The average Bonchev–Trinajstić information content (AvgIpc) is 3.11. The number of benzene rings is 1. The van der Waals surface area contributed by atoms with Crippen molar-refractivity contribution in [3.05, 3.63) is 24.3 Å². The molecule has 0 bridgehead atoms. The molecule has 0 saturated carbocycles. The maximum atomic E-state index is 6.04. The largest absolute Gasteiger partial charge is 0.365 e. The molecule has 0 atom stereocenters. The number of piperidine rings is 1. The molecule has 0 aliphatic carbocycles. The topological polar surface area (TPSA) is 36.8 Å². The fraction of sp³-hybridized carbons (Fsp3) is 0.625. The Balaban J connectivity index is 1.17. The molecule has 0 unspecified atom stereocenters. The quantitative estimate of drug-likeness (QED) is 0.710. The van der Waals surface area contributed by atoms with Gasteiger partial charge in [0.2, 0.25) is 5.95 Å². The molecular weight excluding hydrogens is 374 g/mol. The van der Waals surface area contributed by atoms with Gasteiger partial charge in [0.25, 0.3) is 0 Å². The van der Waals surface area contributed by atoms with E-state index in [1.54, 1.807) is 0 Å². The first kappa shape index (κ1) is 21.2. The maximum Gasteiger partial charge on any atom is 0.206 e. The molecule has 6 heteroatoms. The highest BCUT2D eigenvalue weighted by Gasteiger charge is 2.23. The second-order valence-corrected chi connectivity index (χ2v) is 8.72. The highest BCUT2D eigenvalue weighted by Crippen LogP contribution is 2.24. The Kier molecular flexibility index (Phi) is 6.93. The van der Waals surface area contributed by atoms with Crippen molar-refractivity contribution in [2.24, 2.45) is 7.05 Å². The zero-order chi connectivity index (χ0) is 20.9. The predicted octanol–water partition coefficient (Wildman–Crippen LogP) is 2.59. The monoisotopic (exact) mass is 409 g/mol. The van der Waals surface area contributed by atoms with Gasteiger partial charge in [0.05, 0.1) is 23.7 Å². The van der Waals surface area contributed by atoms with Crippen LogP contribution >= 0.6 is 0 Å². The fourth-order valence-corrected chi connectivity index (χ4v) is 4.45. The molecule has 4 rings (SSSR count). The van der Waals surface area contributed by atoms with E-state index in [0.717, 1.165) is 70.1 Å². The zero-order valence-electron chi connectivity index (χ0n) is 18.7. The molecule has 0 spiro atoms. The Morgan fingerprint density at radius 3 is 2.47 bits per heavy atom. The van der Waals surface area contributed by atoms with E-state index in [0.29, 0.717) is 18.8 Å². The summed E-state index contributed by atoms with van der Waals surface area (Å²) in [4.78, 5) is 12.2. The SMILES string of the molecule is CC(C)N1CCN(CC#CCOC2CCN(c3nc4ccccc4n3C)CC2)CC1. The number of aromatic nitrogens is 2. The van der Waals surface area contributed by atoms with Crippen molar-refractivity contribution in [1.29, 1.82) is 0 Å². The van der Waals surface area contributed by atoms with E-state index in [-0.39, 0.29) is 0 Å². The maximum absolute atomic E-state index is 6.04. The summed E-state index contributed by atoms with van der Waals surface area (Å²) in [6, 6.07) is 8.98. The van der Waals surface area contributed by atoms with Crippen LogP contribution in [0.3, 0.4) is 0 Å². The molecule has 162 valence electrons. The molecule has 2 fully saturated rings. The highest BCUT2D eigenvalue weighted by molar-refractivity contribution is 5.78. The first-order valence-electron chi connectivity index (χ1n) is 11.3. The van der Waals surface area contributed by atoms with Gasteiger partial charge in [-0.1, -0.05) is 24.0 Å². The lowest BCUT2D eigenvalue weighted by Crippen LogP contribution is -2.48.